The first-order valence-electron chi connectivity index (χ1n) is 13.4. The second-order valence-electron chi connectivity index (χ2n) is 9.59. The Hall–Kier alpha value is -4.65. The van der Waals surface area contributed by atoms with Crippen LogP contribution in [0.25, 0.3) is 17.1 Å². The molecular weight excluding hydrogens is 581 g/mol. The molecule has 3 amide bonds. The van der Waals surface area contributed by atoms with Crippen LogP contribution in [0.3, 0.4) is 0 Å². The number of aromatic nitrogens is 3. The number of ether oxygens (including phenoxy) is 1. The highest BCUT2D eigenvalue weighted by Crippen LogP contribution is 2.33. The van der Waals surface area contributed by atoms with E-state index in [1.54, 1.807) is 4.90 Å². The van der Waals surface area contributed by atoms with Crippen LogP contribution in [0.15, 0.2) is 78.0 Å². The number of carbonyl (C=O) groups is 2. The quantitative estimate of drug-likeness (QED) is 0.238. The molecule has 0 spiro atoms. The maximum Gasteiger partial charge on any atom is 0.573 e. The van der Waals surface area contributed by atoms with Gasteiger partial charge in [0, 0.05) is 12.1 Å². The molecule has 0 unspecified atom stereocenters. The maximum atomic E-state index is 12.7. The van der Waals surface area contributed by atoms with Gasteiger partial charge in [0.2, 0.25) is 0 Å². The van der Waals surface area contributed by atoms with Crippen LogP contribution in [0, 0.1) is 6.92 Å². The van der Waals surface area contributed by atoms with E-state index in [-0.39, 0.29) is 11.0 Å². The minimum absolute atomic E-state index is 0.157. The average molecular weight is 609 g/mol. The standard InChI is InChI=1S/C30H27F3N6O3S/c1-3-21-8-4-6-19(2)26(21)39-25(17-43-29(39)41)36-28(40)34-15-14-20-7-5-9-22(16-20)27-35-18-38(37-27)23-10-12-24(13-11-23)42-30(31,32)33/h4-13,16,18H,3,14-15,17H2,1-2H3,(H,34,40)/b36-25+. The van der Waals surface area contributed by atoms with Gasteiger partial charge in [-0.3, -0.25) is 9.69 Å². The molecule has 3 aromatic carbocycles. The van der Waals surface area contributed by atoms with Crippen molar-refractivity contribution in [1.82, 2.24) is 20.1 Å². The fraction of sp³-hybridized carbons (Fsp3) is 0.233. The van der Waals surface area contributed by atoms with Crippen molar-refractivity contribution < 1.29 is 27.5 Å². The third-order valence-electron chi connectivity index (χ3n) is 6.62. The first kappa shape index (κ1) is 29.8. The van der Waals surface area contributed by atoms with Crippen molar-refractivity contribution in [2.45, 2.75) is 33.1 Å². The van der Waals surface area contributed by atoms with Gasteiger partial charge in [-0.1, -0.05) is 55.1 Å². The summed E-state index contributed by atoms with van der Waals surface area (Å²) in [5.41, 5.74) is 4.92. The molecule has 0 aliphatic carbocycles. The van der Waals surface area contributed by atoms with Crippen molar-refractivity contribution in [1.29, 1.82) is 0 Å². The van der Waals surface area contributed by atoms with Crippen molar-refractivity contribution in [2.24, 2.45) is 4.99 Å². The lowest BCUT2D eigenvalue weighted by atomic mass is 10.0. The molecule has 2 heterocycles. The van der Waals surface area contributed by atoms with E-state index in [0.717, 1.165) is 46.1 Å². The van der Waals surface area contributed by atoms with Crippen LogP contribution in [-0.2, 0) is 12.8 Å². The number of halogens is 3. The Morgan fingerprint density at radius 1 is 1.12 bits per heavy atom. The summed E-state index contributed by atoms with van der Waals surface area (Å²) in [7, 11) is 0. The molecule has 9 nitrogen and oxygen atoms in total. The molecule has 43 heavy (non-hydrogen) atoms. The lowest BCUT2D eigenvalue weighted by molar-refractivity contribution is -0.274. The SMILES string of the molecule is CCc1cccc(C)c1N1C(=O)SC/C1=N\C(=O)NCCc1cccc(-c2ncn(-c3ccc(OC(F)(F)F)cc3)n2)c1. The second kappa shape index (κ2) is 12.7. The summed E-state index contributed by atoms with van der Waals surface area (Å²) in [5.74, 6) is 0.825. The van der Waals surface area contributed by atoms with E-state index >= 15 is 0 Å². The minimum Gasteiger partial charge on any atom is -0.406 e. The molecule has 0 radical (unpaired) electrons. The molecule has 0 bridgehead atoms. The van der Waals surface area contributed by atoms with Gasteiger partial charge in [-0.2, -0.15) is 4.99 Å². The lowest BCUT2D eigenvalue weighted by Gasteiger charge is -2.21. The van der Waals surface area contributed by atoms with Crippen molar-refractivity contribution >= 4 is 34.6 Å². The number of hydrogen-bond donors (Lipinski definition) is 1. The van der Waals surface area contributed by atoms with Gasteiger partial charge in [0.1, 0.15) is 17.9 Å². The summed E-state index contributed by atoms with van der Waals surface area (Å²) in [4.78, 5) is 35.5. The van der Waals surface area contributed by atoms with E-state index in [0.29, 0.717) is 36.1 Å². The largest absolute Gasteiger partial charge is 0.573 e. The summed E-state index contributed by atoms with van der Waals surface area (Å²) in [6, 6.07) is 18.1. The molecule has 1 aliphatic heterocycles. The Labute approximate surface area is 249 Å². The summed E-state index contributed by atoms with van der Waals surface area (Å²) in [5, 5.41) is 7.08. The molecule has 4 aromatic rings. The van der Waals surface area contributed by atoms with Crippen LogP contribution in [0.2, 0.25) is 0 Å². The fourth-order valence-corrected chi connectivity index (χ4v) is 5.42. The zero-order chi connectivity index (χ0) is 30.6. The highest BCUT2D eigenvalue weighted by Gasteiger charge is 2.33. The van der Waals surface area contributed by atoms with Gasteiger partial charge >= 0.3 is 12.4 Å². The van der Waals surface area contributed by atoms with Crippen LogP contribution >= 0.6 is 11.8 Å². The smallest absolute Gasteiger partial charge is 0.406 e. The van der Waals surface area contributed by atoms with Crippen molar-refractivity contribution in [2.75, 3.05) is 17.2 Å². The van der Waals surface area contributed by atoms with Gasteiger partial charge in [0.25, 0.3) is 5.24 Å². The third-order valence-corrected chi connectivity index (χ3v) is 7.46. The number of aryl methyl sites for hydroxylation is 2. The number of benzene rings is 3. The van der Waals surface area contributed by atoms with Gasteiger partial charge in [-0.05, 0) is 66.8 Å². The zero-order valence-electron chi connectivity index (χ0n) is 23.3. The van der Waals surface area contributed by atoms with E-state index < -0.39 is 12.4 Å². The average Bonchev–Trinajstić information content (AvgIpc) is 3.60. The Morgan fingerprint density at radius 2 is 1.88 bits per heavy atom. The minimum atomic E-state index is -4.76. The first-order valence-corrected chi connectivity index (χ1v) is 14.4. The van der Waals surface area contributed by atoms with E-state index in [2.05, 4.69) is 25.1 Å². The number of urea groups is 1. The molecule has 1 fully saturated rings. The predicted molar refractivity (Wildman–Crippen MR) is 159 cm³/mol. The highest BCUT2D eigenvalue weighted by molar-refractivity contribution is 8.15. The Balaban J connectivity index is 1.21. The van der Waals surface area contributed by atoms with Gasteiger partial charge in [-0.25, -0.2) is 14.5 Å². The normalized spacial score (nSPS) is 14.4. The first-order chi connectivity index (χ1) is 20.6. The number of hydrogen-bond acceptors (Lipinski definition) is 6. The van der Waals surface area contributed by atoms with Gasteiger partial charge < -0.3 is 10.1 Å². The Bertz CT molecular complexity index is 1670. The summed E-state index contributed by atoms with van der Waals surface area (Å²) in [6.45, 7) is 4.27. The fourth-order valence-electron chi connectivity index (χ4n) is 4.65. The number of nitrogens with one attached hydrogen (secondary N) is 1. The summed E-state index contributed by atoms with van der Waals surface area (Å²) < 4.78 is 42.6. The molecule has 1 N–H and O–H groups in total. The van der Waals surface area contributed by atoms with Gasteiger partial charge in [0.15, 0.2) is 5.82 Å². The van der Waals surface area contributed by atoms with Crippen LogP contribution < -0.4 is 15.0 Å². The molecule has 1 aliphatic rings. The van der Waals surface area contributed by atoms with Crippen LogP contribution in [0.5, 0.6) is 5.75 Å². The molecular formula is C30H27F3N6O3S. The van der Waals surface area contributed by atoms with E-state index in [9.17, 15) is 22.8 Å². The number of rotatable bonds is 8. The number of nitrogens with zero attached hydrogens (tertiary/aromatic N) is 5. The number of amidine groups is 1. The number of anilines is 1. The van der Waals surface area contributed by atoms with Crippen molar-refractivity contribution in [3.8, 4) is 22.8 Å². The topological polar surface area (TPSA) is 102 Å². The maximum absolute atomic E-state index is 12.7. The Kier molecular flexibility index (Phi) is 8.81. The number of para-hydroxylation sites is 1. The number of aliphatic imine (C=N–C) groups is 1. The highest BCUT2D eigenvalue weighted by atomic mass is 32.2. The molecule has 13 heteroatoms. The molecule has 0 saturated carbocycles. The van der Waals surface area contributed by atoms with E-state index in [1.807, 2.05) is 56.3 Å². The van der Waals surface area contributed by atoms with Crippen LogP contribution in [-0.4, -0.2) is 50.5 Å². The van der Waals surface area contributed by atoms with E-state index in [4.69, 9.17) is 0 Å². The molecule has 0 atom stereocenters. The van der Waals surface area contributed by atoms with Gasteiger partial charge in [0.05, 0.1) is 17.1 Å². The third kappa shape index (κ3) is 7.23. The number of carbonyl (C=O) groups excluding carboxylic acids is 2. The van der Waals surface area contributed by atoms with Crippen LogP contribution in [0.1, 0.15) is 23.6 Å². The zero-order valence-corrected chi connectivity index (χ0v) is 24.1. The van der Waals surface area contributed by atoms with Gasteiger partial charge in [-0.15, -0.1) is 18.3 Å². The summed E-state index contributed by atoms with van der Waals surface area (Å²) in [6.07, 6.45) is -2.04. The molecule has 5 rings (SSSR count). The predicted octanol–water partition coefficient (Wildman–Crippen LogP) is 6.73. The Morgan fingerprint density at radius 3 is 2.63 bits per heavy atom. The number of amides is 3. The second-order valence-corrected chi connectivity index (χ2v) is 10.5. The van der Waals surface area contributed by atoms with Crippen LogP contribution in [0.4, 0.5) is 28.4 Å². The number of thioether (sulfide) groups is 1. The monoisotopic (exact) mass is 608 g/mol. The van der Waals surface area contributed by atoms with Crippen molar-refractivity contribution in [3.05, 3.63) is 89.7 Å². The van der Waals surface area contributed by atoms with E-state index in [1.165, 1.54) is 35.3 Å². The molecule has 1 saturated heterocycles. The molecule has 1 aromatic heterocycles. The summed E-state index contributed by atoms with van der Waals surface area (Å²) >= 11 is 1.12. The number of alkyl halides is 3. The lowest BCUT2D eigenvalue weighted by Crippen LogP contribution is -2.33. The molecule has 222 valence electrons. The van der Waals surface area contributed by atoms with Crippen molar-refractivity contribution in [3.63, 3.8) is 0 Å².